The van der Waals surface area contributed by atoms with Gasteiger partial charge in [-0.2, -0.15) is 0 Å². The third kappa shape index (κ3) is 3.77. The molecular weight excluding hydrogens is 354 g/mol. The molecule has 1 N–H and O–H groups in total. The minimum atomic E-state index is -0.130. The van der Waals surface area contributed by atoms with E-state index in [1.54, 1.807) is 30.7 Å². The third-order valence-electron chi connectivity index (χ3n) is 6.28. The highest BCUT2D eigenvalue weighted by Crippen LogP contribution is 2.26. The van der Waals surface area contributed by atoms with E-state index in [1.807, 2.05) is 22.7 Å². The highest BCUT2D eigenvalue weighted by atomic mass is 16.3. The molecule has 2 aromatic rings. The molecule has 28 heavy (non-hydrogen) atoms. The van der Waals surface area contributed by atoms with E-state index >= 15 is 0 Å². The minimum Gasteiger partial charge on any atom is -0.507 e. The van der Waals surface area contributed by atoms with Crippen molar-refractivity contribution < 1.29 is 9.90 Å². The van der Waals surface area contributed by atoms with Gasteiger partial charge >= 0.3 is 0 Å². The van der Waals surface area contributed by atoms with Gasteiger partial charge in [0.15, 0.2) is 0 Å². The zero-order valence-corrected chi connectivity index (χ0v) is 16.7. The summed E-state index contributed by atoms with van der Waals surface area (Å²) >= 11 is 0. The summed E-state index contributed by atoms with van der Waals surface area (Å²) in [6.07, 6.45) is 8.58. The highest BCUT2D eigenvalue weighted by Gasteiger charge is 2.34. The summed E-state index contributed by atoms with van der Waals surface area (Å²) < 4.78 is 1.83. The molecule has 2 aliphatic heterocycles. The number of aromatic nitrogens is 2. The molecule has 0 saturated carbocycles. The Kier molecular flexibility index (Phi) is 5.37. The lowest BCUT2D eigenvalue weighted by Gasteiger charge is -2.35. The van der Waals surface area contributed by atoms with Gasteiger partial charge in [-0.1, -0.05) is 0 Å². The van der Waals surface area contributed by atoms with Crippen LogP contribution in [0.25, 0.3) is 5.69 Å². The fourth-order valence-corrected chi connectivity index (χ4v) is 4.40. The van der Waals surface area contributed by atoms with Crippen molar-refractivity contribution in [2.24, 2.45) is 0 Å². The Bertz CT molecular complexity index is 814. The van der Waals surface area contributed by atoms with Crippen molar-refractivity contribution in [2.45, 2.75) is 31.3 Å². The van der Waals surface area contributed by atoms with Gasteiger partial charge in [-0.05, 0) is 57.6 Å². The Labute approximate surface area is 166 Å². The summed E-state index contributed by atoms with van der Waals surface area (Å²) in [5.74, 6) is -0.111. The number of nitrogens with zero attached hydrogens (tertiary/aromatic N) is 5. The first-order chi connectivity index (χ1) is 13.5. The monoisotopic (exact) mass is 383 g/mol. The number of imidazole rings is 1. The van der Waals surface area contributed by atoms with E-state index in [1.165, 1.54) is 12.8 Å². The van der Waals surface area contributed by atoms with Crippen molar-refractivity contribution in [1.82, 2.24) is 24.3 Å². The number of aromatic hydroxyl groups is 1. The van der Waals surface area contributed by atoms with E-state index in [4.69, 9.17) is 0 Å². The molecule has 2 aliphatic rings. The molecule has 0 bridgehead atoms. The van der Waals surface area contributed by atoms with Crippen LogP contribution in [0.15, 0.2) is 36.9 Å². The van der Waals surface area contributed by atoms with Gasteiger partial charge in [0.05, 0.1) is 11.9 Å². The van der Waals surface area contributed by atoms with Crippen LogP contribution in [-0.4, -0.2) is 87.6 Å². The van der Waals surface area contributed by atoms with Gasteiger partial charge in [-0.15, -0.1) is 0 Å². The van der Waals surface area contributed by atoms with Crippen LogP contribution in [0.1, 0.15) is 29.6 Å². The van der Waals surface area contributed by atoms with Crippen LogP contribution in [0.3, 0.4) is 0 Å². The van der Waals surface area contributed by atoms with Crippen molar-refractivity contribution in [2.75, 3.05) is 40.3 Å². The molecule has 4 rings (SSSR count). The van der Waals surface area contributed by atoms with Crippen molar-refractivity contribution >= 4 is 5.91 Å². The third-order valence-corrected chi connectivity index (χ3v) is 6.28. The number of hydrogen-bond acceptors (Lipinski definition) is 5. The molecule has 150 valence electrons. The fourth-order valence-electron chi connectivity index (χ4n) is 4.40. The van der Waals surface area contributed by atoms with Crippen LogP contribution in [0.4, 0.5) is 0 Å². The molecule has 1 unspecified atom stereocenters. The SMILES string of the molecule is CN1CCC(N2CCC(N(C)C(=O)c3cc(-n4ccnc4)ccc3O)C2)CC1. The molecule has 1 amide bonds. The van der Waals surface area contributed by atoms with Gasteiger partial charge in [0.1, 0.15) is 5.75 Å². The number of piperidine rings is 1. The number of benzene rings is 1. The van der Waals surface area contributed by atoms with Gasteiger partial charge < -0.3 is 19.5 Å². The predicted molar refractivity (Wildman–Crippen MR) is 108 cm³/mol. The molecule has 0 spiro atoms. The highest BCUT2D eigenvalue weighted by molar-refractivity contribution is 5.97. The number of amides is 1. The van der Waals surface area contributed by atoms with Crippen LogP contribution in [-0.2, 0) is 0 Å². The average molecular weight is 383 g/mol. The Hall–Kier alpha value is -2.38. The summed E-state index contributed by atoms with van der Waals surface area (Å²) in [5.41, 5.74) is 1.15. The summed E-state index contributed by atoms with van der Waals surface area (Å²) in [5, 5.41) is 10.3. The van der Waals surface area contributed by atoms with Crippen molar-refractivity contribution in [3.05, 3.63) is 42.5 Å². The molecule has 7 heteroatoms. The molecule has 0 aliphatic carbocycles. The van der Waals surface area contributed by atoms with E-state index in [2.05, 4.69) is 21.8 Å². The van der Waals surface area contributed by atoms with Crippen LogP contribution in [0.2, 0.25) is 0 Å². The second-order valence-corrected chi connectivity index (χ2v) is 8.06. The second kappa shape index (κ2) is 7.93. The number of likely N-dealkylation sites (tertiary alicyclic amines) is 2. The van der Waals surface area contributed by atoms with E-state index < -0.39 is 0 Å². The maximum Gasteiger partial charge on any atom is 0.257 e. The topological polar surface area (TPSA) is 64.8 Å². The Morgan fingerprint density at radius 1 is 1.21 bits per heavy atom. The molecule has 0 radical (unpaired) electrons. The quantitative estimate of drug-likeness (QED) is 0.873. The maximum absolute atomic E-state index is 13.1. The van der Waals surface area contributed by atoms with Crippen molar-refractivity contribution in [3.63, 3.8) is 0 Å². The lowest BCUT2D eigenvalue weighted by atomic mass is 10.0. The van der Waals surface area contributed by atoms with Crippen LogP contribution >= 0.6 is 0 Å². The Balaban J connectivity index is 1.44. The molecule has 2 saturated heterocycles. The number of carbonyl (C=O) groups excluding carboxylic acids is 1. The molecule has 7 nitrogen and oxygen atoms in total. The average Bonchev–Trinajstić information content (AvgIpc) is 3.40. The zero-order chi connectivity index (χ0) is 19.7. The summed E-state index contributed by atoms with van der Waals surface area (Å²) in [7, 11) is 4.04. The van der Waals surface area contributed by atoms with E-state index in [-0.39, 0.29) is 17.7 Å². The van der Waals surface area contributed by atoms with Gasteiger partial charge in [-0.3, -0.25) is 9.69 Å². The van der Waals surface area contributed by atoms with E-state index in [0.29, 0.717) is 11.6 Å². The lowest BCUT2D eigenvalue weighted by molar-refractivity contribution is 0.0718. The first kappa shape index (κ1) is 19.0. The molecule has 1 aromatic carbocycles. The normalized spacial score (nSPS) is 21.9. The Morgan fingerprint density at radius 3 is 2.71 bits per heavy atom. The van der Waals surface area contributed by atoms with Crippen LogP contribution < -0.4 is 0 Å². The molecule has 1 atom stereocenters. The van der Waals surface area contributed by atoms with Crippen molar-refractivity contribution in [3.8, 4) is 11.4 Å². The minimum absolute atomic E-state index is 0.0193. The van der Waals surface area contributed by atoms with E-state index in [9.17, 15) is 9.90 Å². The van der Waals surface area contributed by atoms with Crippen molar-refractivity contribution in [1.29, 1.82) is 0 Å². The lowest BCUT2D eigenvalue weighted by Crippen LogP contribution is -2.45. The van der Waals surface area contributed by atoms with Gasteiger partial charge in [0.25, 0.3) is 5.91 Å². The number of likely N-dealkylation sites (N-methyl/N-ethyl adjacent to an activating group) is 1. The molecule has 1 aromatic heterocycles. The van der Waals surface area contributed by atoms with Gasteiger partial charge in [0, 0.05) is 50.3 Å². The fraction of sp³-hybridized carbons (Fsp3) is 0.524. The smallest absolute Gasteiger partial charge is 0.257 e. The Morgan fingerprint density at radius 2 is 2.00 bits per heavy atom. The molecular formula is C21H29N5O2. The number of hydrogen-bond donors (Lipinski definition) is 1. The van der Waals surface area contributed by atoms with Crippen LogP contribution in [0.5, 0.6) is 5.75 Å². The summed E-state index contributed by atoms with van der Waals surface area (Å²) in [4.78, 5) is 23.9. The zero-order valence-electron chi connectivity index (χ0n) is 16.7. The molecule has 3 heterocycles. The number of phenols is 1. The first-order valence-corrected chi connectivity index (χ1v) is 10.0. The second-order valence-electron chi connectivity index (χ2n) is 8.06. The predicted octanol–water partition coefficient (Wildman–Crippen LogP) is 1.82. The molecule has 2 fully saturated rings. The van der Waals surface area contributed by atoms with Gasteiger partial charge in [-0.25, -0.2) is 4.98 Å². The largest absolute Gasteiger partial charge is 0.507 e. The van der Waals surface area contributed by atoms with Gasteiger partial charge in [0.2, 0.25) is 0 Å². The maximum atomic E-state index is 13.1. The number of carbonyl (C=O) groups is 1. The standard InChI is InChI=1S/C21H29N5O2/c1-23-9-5-16(6-10-23)25-11-7-18(14-25)24(2)21(28)19-13-17(3-4-20(19)27)26-12-8-22-15-26/h3-4,8,12-13,15-16,18,27H,5-7,9-11,14H2,1-2H3. The summed E-state index contributed by atoms with van der Waals surface area (Å²) in [6.45, 7) is 4.25. The number of phenolic OH excluding ortho intramolecular Hbond substituents is 1. The van der Waals surface area contributed by atoms with E-state index in [0.717, 1.165) is 38.3 Å². The summed E-state index contributed by atoms with van der Waals surface area (Å²) in [6, 6.07) is 5.91. The van der Waals surface area contributed by atoms with Crippen LogP contribution in [0, 0.1) is 0 Å². The first-order valence-electron chi connectivity index (χ1n) is 10.0. The number of rotatable bonds is 4.